The Bertz CT molecular complexity index is 298. The second-order valence-corrected chi connectivity index (χ2v) is 6.42. The van der Waals surface area contributed by atoms with Crippen molar-refractivity contribution in [3.8, 4) is 0 Å². The summed E-state index contributed by atoms with van der Waals surface area (Å²) < 4.78 is 21.6. The van der Waals surface area contributed by atoms with Crippen LogP contribution in [0.25, 0.3) is 0 Å². The van der Waals surface area contributed by atoms with E-state index in [1.165, 1.54) is 0 Å². The molecule has 0 rings (SSSR count). The summed E-state index contributed by atoms with van der Waals surface area (Å²) in [5, 5.41) is 2.50. The van der Waals surface area contributed by atoms with E-state index in [0.717, 1.165) is 6.26 Å². The van der Waals surface area contributed by atoms with E-state index >= 15 is 0 Å². The lowest BCUT2D eigenvalue weighted by molar-refractivity contribution is -0.122. The van der Waals surface area contributed by atoms with Crippen LogP contribution < -0.4 is 11.1 Å². The molecule has 0 heterocycles. The Morgan fingerprint density at radius 1 is 1.40 bits per heavy atom. The van der Waals surface area contributed by atoms with Gasteiger partial charge in [-0.05, 0) is 12.3 Å². The van der Waals surface area contributed by atoms with Crippen molar-refractivity contribution < 1.29 is 13.2 Å². The first-order valence-electron chi connectivity index (χ1n) is 4.93. The van der Waals surface area contributed by atoms with E-state index in [2.05, 4.69) is 5.32 Å². The van der Waals surface area contributed by atoms with Gasteiger partial charge in [0.25, 0.3) is 0 Å². The molecule has 1 unspecified atom stereocenters. The quantitative estimate of drug-likeness (QED) is 0.652. The van der Waals surface area contributed by atoms with Crippen LogP contribution in [0.1, 0.15) is 20.3 Å². The summed E-state index contributed by atoms with van der Waals surface area (Å²) >= 11 is 0. The zero-order valence-electron chi connectivity index (χ0n) is 9.49. The van der Waals surface area contributed by atoms with Crippen LogP contribution in [-0.4, -0.2) is 38.9 Å². The first-order valence-corrected chi connectivity index (χ1v) is 6.99. The van der Waals surface area contributed by atoms with Crippen LogP contribution in [0.4, 0.5) is 0 Å². The Kier molecular flexibility index (Phi) is 5.82. The van der Waals surface area contributed by atoms with Gasteiger partial charge in [-0.25, -0.2) is 8.42 Å². The van der Waals surface area contributed by atoms with Crippen molar-refractivity contribution in [2.75, 3.05) is 18.6 Å². The van der Waals surface area contributed by atoms with Crippen LogP contribution in [0, 0.1) is 5.92 Å². The molecule has 0 aromatic heterocycles. The third-order valence-corrected chi connectivity index (χ3v) is 2.78. The number of carbonyl (C=O) groups excluding carboxylic acids is 1. The second kappa shape index (κ2) is 6.07. The van der Waals surface area contributed by atoms with Crippen LogP contribution >= 0.6 is 0 Å². The Labute approximate surface area is 91.3 Å². The van der Waals surface area contributed by atoms with Crippen LogP contribution in [-0.2, 0) is 14.6 Å². The normalized spacial score (nSPS) is 13.9. The smallest absolute Gasteiger partial charge is 0.236 e. The van der Waals surface area contributed by atoms with Gasteiger partial charge in [0.2, 0.25) is 5.91 Å². The molecular weight excluding hydrogens is 216 g/mol. The topological polar surface area (TPSA) is 89.3 Å². The van der Waals surface area contributed by atoms with Gasteiger partial charge in [-0.2, -0.15) is 0 Å². The van der Waals surface area contributed by atoms with Crippen molar-refractivity contribution >= 4 is 15.7 Å². The lowest BCUT2D eigenvalue weighted by Crippen LogP contribution is -2.42. The van der Waals surface area contributed by atoms with Crippen molar-refractivity contribution in [3.05, 3.63) is 0 Å². The standard InChI is InChI=1S/C9H20N2O3S/c1-7(2)6-8(10)9(12)11-4-5-15(3,13)14/h7-8H,4-6,10H2,1-3H3,(H,11,12). The zero-order valence-corrected chi connectivity index (χ0v) is 10.3. The van der Waals surface area contributed by atoms with E-state index in [0.29, 0.717) is 12.3 Å². The molecule has 0 saturated carbocycles. The highest BCUT2D eigenvalue weighted by molar-refractivity contribution is 7.90. The summed E-state index contributed by atoms with van der Waals surface area (Å²) in [6.07, 6.45) is 1.73. The second-order valence-electron chi connectivity index (χ2n) is 4.16. The van der Waals surface area contributed by atoms with Crippen LogP contribution in [0.2, 0.25) is 0 Å². The molecule has 1 amide bonds. The van der Waals surface area contributed by atoms with Crippen molar-refractivity contribution in [2.45, 2.75) is 26.3 Å². The van der Waals surface area contributed by atoms with Gasteiger partial charge >= 0.3 is 0 Å². The van der Waals surface area contributed by atoms with Crippen molar-refractivity contribution in [1.82, 2.24) is 5.32 Å². The monoisotopic (exact) mass is 236 g/mol. The molecule has 1 atom stereocenters. The predicted molar refractivity (Wildman–Crippen MR) is 60.2 cm³/mol. The number of hydrogen-bond donors (Lipinski definition) is 2. The fourth-order valence-electron chi connectivity index (χ4n) is 1.11. The summed E-state index contributed by atoms with van der Waals surface area (Å²) in [5.41, 5.74) is 5.61. The Balaban J connectivity index is 3.84. The van der Waals surface area contributed by atoms with E-state index in [1.54, 1.807) is 0 Å². The Hall–Kier alpha value is -0.620. The van der Waals surface area contributed by atoms with E-state index in [4.69, 9.17) is 5.73 Å². The maximum atomic E-state index is 11.3. The average Bonchev–Trinajstić information content (AvgIpc) is 2.00. The molecule has 0 aliphatic rings. The molecule has 0 bridgehead atoms. The van der Waals surface area contributed by atoms with Crippen molar-refractivity contribution in [1.29, 1.82) is 0 Å². The van der Waals surface area contributed by atoms with Crippen LogP contribution in [0.3, 0.4) is 0 Å². The van der Waals surface area contributed by atoms with Crippen molar-refractivity contribution in [3.63, 3.8) is 0 Å². The molecule has 0 saturated heterocycles. The fourth-order valence-corrected chi connectivity index (χ4v) is 1.58. The van der Waals surface area contributed by atoms with Gasteiger partial charge in [-0.1, -0.05) is 13.8 Å². The van der Waals surface area contributed by atoms with Crippen LogP contribution in [0.5, 0.6) is 0 Å². The van der Waals surface area contributed by atoms with Crippen molar-refractivity contribution in [2.24, 2.45) is 11.7 Å². The number of hydrogen-bond acceptors (Lipinski definition) is 4. The number of carbonyl (C=O) groups is 1. The number of amides is 1. The molecule has 15 heavy (non-hydrogen) atoms. The molecule has 6 heteroatoms. The highest BCUT2D eigenvalue weighted by Gasteiger charge is 2.14. The third kappa shape index (κ3) is 8.38. The van der Waals surface area contributed by atoms with E-state index in [9.17, 15) is 13.2 Å². The SMILES string of the molecule is CC(C)CC(N)C(=O)NCCS(C)(=O)=O. The largest absolute Gasteiger partial charge is 0.354 e. The van der Waals surface area contributed by atoms with Gasteiger partial charge in [0, 0.05) is 12.8 Å². The number of sulfone groups is 1. The van der Waals surface area contributed by atoms with E-state index in [1.807, 2.05) is 13.8 Å². The summed E-state index contributed by atoms with van der Waals surface area (Å²) in [7, 11) is -3.02. The maximum Gasteiger partial charge on any atom is 0.236 e. The van der Waals surface area contributed by atoms with Crippen LogP contribution in [0.15, 0.2) is 0 Å². The molecule has 0 aromatic carbocycles. The molecule has 0 fully saturated rings. The van der Waals surface area contributed by atoms with Gasteiger partial charge in [-0.15, -0.1) is 0 Å². The molecule has 0 radical (unpaired) electrons. The molecular formula is C9H20N2O3S. The van der Waals surface area contributed by atoms with Gasteiger partial charge < -0.3 is 11.1 Å². The third-order valence-electron chi connectivity index (χ3n) is 1.83. The Morgan fingerprint density at radius 2 is 1.93 bits per heavy atom. The number of nitrogens with one attached hydrogen (secondary N) is 1. The predicted octanol–water partition coefficient (Wildman–Crippen LogP) is -0.479. The zero-order chi connectivity index (χ0) is 12.1. The first kappa shape index (κ1) is 14.4. The molecule has 0 aliphatic heterocycles. The molecule has 0 aliphatic carbocycles. The maximum absolute atomic E-state index is 11.3. The molecule has 5 nitrogen and oxygen atoms in total. The van der Waals surface area contributed by atoms with Gasteiger partial charge in [0.15, 0.2) is 0 Å². The molecule has 3 N–H and O–H groups in total. The van der Waals surface area contributed by atoms with E-state index < -0.39 is 15.9 Å². The summed E-state index contributed by atoms with van der Waals surface area (Å²) in [5.74, 6) is 0.0145. The lowest BCUT2D eigenvalue weighted by atomic mass is 10.0. The lowest BCUT2D eigenvalue weighted by Gasteiger charge is -2.13. The number of nitrogens with two attached hydrogens (primary N) is 1. The highest BCUT2D eigenvalue weighted by atomic mass is 32.2. The summed E-state index contributed by atoms with van der Waals surface area (Å²) in [4.78, 5) is 11.3. The summed E-state index contributed by atoms with van der Waals surface area (Å²) in [6.45, 7) is 4.08. The minimum atomic E-state index is -3.02. The van der Waals surface area contributed by atoms with Gasteiger partial charge in [0.1, 0.15) is 9.84 Å². The minimum absolute atomic E-state index is 0.0485. The minimum Gasteiger partial charge on any atom is -0.354 e. The average molecular weight is 236 g/mol. The first-order chi connectivity index (χ1) is 6.72. The van der Waals surface area contributed by atoms with Gasteiger partial charge in [-0.3, -0.25) is 4.79 Å². The molecule has 0 aromatic rings. The fraction of sp³-hybridized carbons (Fsp3) is 0.889. The van der Waals surface area contributed by atoms with E-state index in [-0.39, 0.29) is 18.2 Å². The summed E-state index contributed by atoms with van der Waals surface area (Å²) in [6, 6.07) is -0.551. The Morgan fingerprint density at radius 3 is 2.33 bits per heavy atom. The number of rotatable bonds is 6. The molecule has 90 valence electrons. The van der Waals surface area contributed by atoms with Gasteiger partial charge in [0.05, 0.1) is 11.8 Å². The molecule has 0 spiro atoms. The highest BCUT2D eigenvalue weighted by Crippen LogP contribution is 2.02.